The number of methoxy groups -OCH3 is 1. The molecule has 41 heavy (non-hydrogen) atoms. The monoisotopic (exact) mass is 583 g/mol. The van der Waals surface area contributed by atoms with Crippen LogP contribution < -0.4 is 30.7 Å². The predicted octanol–water partition coefficient (Wildman–Crippen LogP) is 3.54. The molecular weight excluding hydrogens is 546 g/mol. The molecule has 13 heteroatoms. The van der Waals surface area contributed by atoms with Crippen LogP contribution in [0.15, 0.2) is 42.7 Å². The Morgan fingerprint density at radius 1 is 1.17 bits per heavy atom. The van der Waals surface area contributed by atoms with Gasteiger partial charge in [-0.2, -0.15) is 0 Å². The van der Waals surface area contributed by atoms with Crippen molar-refractivity contribution in [3.63, 3.8) is 0 Å². The second-order valence-corrected chi connectivity index (χ2v) is 12.8. The molecule has 12 nitrogen and oxygen atoms in total. The molecule has 1 aliphatic rings. The fraction of sp³-hybridized carbons (Fsp3) is 0.357. The van der Waals surface area contributed by atoms with E-state index in [4.69, 9.17) is 4.74 Å². The number of benzene rings is 2. The normalized spacial score (nSPS) is 14.4. The van der Waals surface area contributed by atoms with E-state index in [1.165, 1.54) is 7.11 Å². The summed E-state index contributed by atoms with van der Waals surface area (Å²) in [6.07, 6.45) is 3.86. The number of aryl methyl sites for hydroxylation is 1. The van der Waals surface area contributed by atoms with E-state index in [0.29, 0.717) is 17.1 Å². The van der Waals surface area contributed by atoms with Crippen LogP contribution in [0.2, 0.25) is 0 Å². The van der Waals surface area contributed by atoms with Gasteiger partial charge in [0.25, 0.3) is 5.91 Å². The molecule has 0 fully saturated rings. The molecule has 0 bridgehead atoms. The topological polar surface area (TPSA) is 150 Å². The van der Waals surface area contributed by atoms with Gasteiger partial charge in [-0.15, -0.1) is 5.53 Å². The SMILES string of the molecule is COc1c(NC(=O)c2ccc(C)c(N3C=C(c4cnc(C(C)O)n4C)NN3)c2)cc(C(C)(C)C)cc1NS(C)(=O)=O. The van der Waals surface area contributed by atoms with Crippen molar-refractivity contribution in [1.82, 2.24) is 20.5 Å². The van der Waals surface area contributed by atoms with Crippen molar-refractivity contribution in [2.24, 2.45) is 7.05 Å². The second kappa shape index (κ2) is 11.1. The van der Waals surface area contributed by atoms with Crippen LogP contribution in [0.25, 0.3) is 5.70 Å². The molecule has 4 rings (SSSR count). The number of nitrogens with zero attached hydrogens (tertiary/aromatic N) is 3. The van der Waals surface area contributed by atoms with Crippen LogP contribution in [0.1, 0.15) is 66.8 Å². The van der Waals surface area contributed by atoms with Crippen LogP contribution >= 0.6 is 0 Å². The average molecular weight is 584 g/mol. The summed E-state index contributed by atoms with van der Waals surface area (Å²) in [5.41, 5.74) is 10.8. The Kier molecular flexibility index (Phi) is 8.07. The van der Waals surface area contributed by atoms with Crippen LogP contribution in [0.5, 0.6) is 5.75 Å². The van der Waals surface area contributed by atoms with E-state index in [0.717, 1.165) is 34.5 Å². The van der Waals surface area contributed by atoms with Gasteiger partial charge < -0.3 is 19.7 Å². The Labute approximate surface area is 240 Å². The lowest BCUT2D eigenvalue weighted by molar-refractivity contribution is 0.102. The molecule has 0 saturated carbocycles. The largest absolute Gasteiger partial charge is 0.492 e. The van der Waals surface area contributed by atoms with Crippen LogP contribution in [0.4, 0.5) is 17.1 Å². The maximum Gasteiger partial charge on any atom is 0.255 e. The predicted molar refractivity (Wildman–Crippen MR) is 160 cm³/mol. The fourth-order valence-electron chi connectivity index (χ4n) is 4.49. The number of hydrazine groups is 2. The number of ether oxygens (including phenoxy) is 1. The van der Waals surface area contributed by atoms with Crippen LogP contribution in [0.3, 0.4) is 0 Å². The minimum absolute atomic E-state index is 0.204. The van der Waals surface area contributed by atoms with Crippen molar-refractivity contribution >= 4 is 38.7 Å². The first-order valence-corrected chi connectivity index (χ1v) is 14.8. The molecule has 2 aromatic carbocycles. The van der Waals surface area contributed by atoms with E-state index in [-0.39, 0.29) is 16.9 Å². The summed E-state index contributed by atoms with van der Waals surface area (Å²) in [6.45, 7) is 9.56. The quantitative estimate of drug-likeness (QED) is 0.268. The van der Waals surface area contributed by atoms with Gasteiger partial charge in [-0.1, -0.05) is 26.8 Å². The number of nitrogens with one attached hydrogen (secondary N) is 4. The Bertz CT molecular complexity index is 1620. The van der Waals surface area contributed by atoms with Gasteiger partial charge in [0.2, 0.25) is 10.0 Å². The lowest BCUT2D eigenvalue weighted by Gasteiger charge is -2.24. The third kappa shape index (κ3) is 6.47. The van der Waals surface area contributed by atoms with Gasteiger partial charge in [0, 0.05) is 12.6 Å². The van der Waals surface area contributed by atoms with Crippen molar-refractivity contribution in [3.05, 3.63) is 70.9 Å². The van der Waals surface area contributed by atoms with E-state index in [9.17, 15) is 18.3 Å². The molecular formula is C28H37N7O5S. The average Bonchev–Trinajstić information content (AvgIpc) is 3.49. The molecule has 5 N–H and O–H groups in total. The van der Waals surface area contributed by atoms with Crippen LogP contribution in [0, 0.1) is 6.92 Å². The fourth-order valence-corrected chi connectivity index (χ4v) is 5.04. The summed E-state index contributed by atoms with van der Waals surface area (Å²) in [4.78, 5) is 17.8. The van der Waals surface area contributed by atoms with E-state index in [1.807, 2.05) is 47.0 Å². The van der Waals surface area contributed by atoms with Crippen LogP contribution in [-0.2, 0) is 22.5 Å². The highest BCUT2D eigenvalue weighted by molar-refractivity contribution is 7.92. The van der Waals surface area contributed by atoms with Crippen molar-refractivity contribution < 1.29 is 23.1 Å². The molecule has 1 aromatic heterocycles. The van der Waals surface area contributed by atoms with Crippen LogP contribution in [-0.4, -0.2) is 42.3 Å². The highest BCUT2D eigenvalue weighted by Gasteiger charge is 2.24. The third-order valence-electron chi connectivity index (χ3n) is 6.68. The Morgan fingerprint density at radius 3 is 2.44 bits per heavy atom. The minimum atomic E-state index is -3.60. The molecule has 1 aliphatic heterocycles. The molecule has 2 heterocycles. The second-order valence-electron chi connectivity index (χ2n) is 11.1. The molecule has 0 aliphatic carbocycles. The first-order valence-electron chi connectivity index (χ1n) is 12.9. The molecule has 1 atom stereocenters. The summed E-state index contributed by atoms with van der Waals surface area (Å²) in [7, 11) is -0.361. The summed E-state index contributed by atoms with van der Waals surface area (Å²) >= 11 is 0. The van der Waals surface area contributed by atoms with Gasteiger partial charge >= 0.3 is 0 Å². The third-order valence-corrected chi connectivity index (χ3v) is 7.27. The van der Waals surface area contributed by atoms with E-state index < -0.39 is 22.0 Å². The summed E-state index contributed by atoms with van der Waals surface area (Å²) < 4.78 is 33.9. The van der Waals surface area contributed by atoms with Crippen molar-refractivity contribution in [1.29, 1.82) is 0 Å². The van der Waals surface area contributed by atoms with Gasteiger partial charge in [0.15, 0.2) is 5.75 Å². The minimum Gasteiger partial charge on any atom is -0.492 e. The molecule has 0 radical (unpaired) electrons. The number of anilines is 3. The summed E-state index contributed by atoms with van der Waals surface area (Å²) in [5, 5.41) is 14.6. The molecule has 1 unspecified atom stereocenters. The summed E-state index contributed by atoms with van der Waals surface area (Å²) in [5.74, 6) is 0.345. The zero-order valence-corrected chi connectivity index (χ0v) is 25.3. The van der Waals surface area contributed by atoms with Gasteiger partial charge in [0.1, 0.15) is 11.9 Å². The standard InChI is InChI=1S/C28H37N7O5S/c1-16-9-10-18(11-23(16)35-15-22(31-33-35)24-14-29-26(17(2)36)34(24)6)27(37)30-20-12-19(28(3,4)5)13-21(25(20)40-7)32-41(8,38)39/h9-15,17,31-33,36H,1-8H3,(H,30,37). The van der Waals surface area contributed by atoms with E-state index in [1.54, 1.807) is 47.0 Å². The maximum absolute atomic E-state index is 13.5. The lowest BCUT2D eigenvalue weighted by atomic mass is 9.86. The van der Waals surface area contributed by atoms with Gasteiger partial charge in [-0.05, 0) is 54.7 Å². The van der Waals surface area contributed by atoms with Gasteiger partial charge in [0.05, 0.1) is 54.2 Å². The first kappa shape index (κ1) is 29.9. The number of aliphatic hydroxyl groups is 1. The maximum atomic E-state index is 13.5. The zero-order chi connectivity index (χ0) is 30.3. The molecule has 0 spiro atoms. The van der Waals surface area contributed by atoms with Crippen molar-refractivity contribution in [2.75, 3.05) is 28.4 Å². The van der Waals surface area contributed by atoms with E-state index in [2.05, 4.69) is 26.0 Å². The Balaban J connectivity index is 1.66. The van der Waals surface area contributed by atoms with Crippen molar-refractivity contribution in [2.45, 2.75) is 46.1 Å². The Morgan fingerprint density at radius 2 is 1.85 bits per heavy atom. The number of hydrogen-bond acceptors (Lipinski definition) is 9. The number of hydrogen-bond donors (Lipinski definition) is 5. The summed E-state index contributed by atoms with van der Waals surface area (Å²) in [6, 6.07) is 8.80. The number of aromatic nitrogens is 2. The molecule has 220 valence electrons. The van der Waals surface area contributed by atoms with Gasteiger partial charge in [-0.25, -0.2) is 13.4 Å². The zero-order valence-electron chi connectivity index (χ0n) is 24.4. The molecule has 0 saturated heterocycles. The highest BCUT2D eigenvalue weighted by Crippen LogP contribution is 2.39. The number of sulfonamides is 1. The number of rotatable bonds is 8. The number of carbonyl (C=O) groups excluding carboxylic acids is 1. The van der Waals surface area contributed by atoms with Crippen molar-refractivity contribution in [3.8, 4) is 5.75 Å². The molecule has 1 amide bonds. The highest BCUT2D eigenvalue weighted by atomic mass is 32.2. The molecule has 3 aromatic rings. The number of imidazole rings is 1. The lowest BCUT2D eigenvalue weighted by Crippen LogP contribution is -2.36. The number of aliphatic hydroxyl groups excluding tert-OH is 1. The smallest absolute Gasteiger partial charge is 0.255 e. The first-order chi connectivity index (χ1) is 19.1. The van der Waals surface area contributed by atoms with E-state index >= 15 is 0 Å². The number of amides is 1. The Hall–Kier alpha value is -4.07. The number of carbonyl (C=O) groups is 1. The van der Waals surface area contributed by atoms with Gasteiger partial charge in [-0.3, -0.25) is 20.0 Å².